The van der Waals surface area contributed by atoms with Crippen LogP contribution < -0.4 is 4.74 Å². The maximum Gasteiger partial charge on any atom is 0.217 e. The molecule has 0 bridgehead atoms. The third-order valence-electron chi connectivity index (χ3n) is 1.06. The summed E-state index contributed by atoms with van der Waals surface area (Å²) in [5.41, 5.74) is 0.955. The van der Waals surface area contributed by atoms with Gasteiger partial charge in [-0.25, -0.2) is 0 Å². The highest BCUT2D eigenvalue weighted by Gasteiger charge is 1.91. The Morgan fingerprint density at radius 2 is 2.40 bits per heavy atom. The third kappa shape index (κ3) is 1.54. The summed E-state index contributed by atoms with van der Waals surface area (Å²) in [5, 5.41) is 0. The van der Waals surface area contributed by atoms with Gasteiger partial charge in [-0.1, -0.05) is 0 Å². The van der Waals surface area contributed by atoms with Gasteiger partial charge in [0.05, 0.1) is 7.11 Å². The third-order valence-corrected chi connectivity index (χ3v) is 1.26. The zero-order chi connectivity index (χ0) is 7.56. The second-order valence-corrected chi connectivity index (χ2v) is 2.30. The second kappa shape index (κ2) is 2.79. The Morgan fingerprint density at radius 1 is 1.70 bits per heavy atom. The number of methoxy groups -OCH3 is 1. The summed E-state index contributed by atoms with van der Waals surface area (Å²) in [6.45, 7) is 1.90. The van der Waals surface area contributed by atoms with E-state index in [1.807, 2.05) is 6.92 Å². The van der Waals surface area contributed by atoms with E-state index >= 15 is 0 Å². The van der Waals surface area contributed by atoms with Gasteiger partial charge in [0.2, 0.25) is 5.88 Å². The molecule has 1 aromatic rings. The summed E-state index contributed by atoms with van der Waals surface area (Å²) in [4.78, 5) is 6.76. The average Bonchev–Trinajstić information content (AvgIpc) is 1.85. The van der Waals surface area contributed by atoms with Gasteiger partial charge >= 0.3 is 0 Å². The summed E-state index contributed by atoms with van der Waals surface area (Å²) in [5.74, 6) is 0.557. The van der Waals surface area contributed by atoms with E-state index in [0.29, 0.717) is 10.7 Å². The molecule has 0 unspecified atom stereocenters. The number of hydrogen-bond donors (Lipinski definition) is 1. The predicted octanol–water partition coefficient (Wildman–Crippen LogP) is 1.46. The number of aromatic amines is 1. The molecule has 1 heterocycles. The second-order valence-electron chi connectivity index (χ2n) is 1.91. The number of aromatic nitrogens is 2. The Morgan fingerprint density at radius 3 is 2.90 bits per heavy atom. The van der Waals surface area contributed by atoms with Crippen LogP contribution in [-0.4, -0.2) is 17.1 Å². The molecule has 0 aromatic carbocycles. The van der Waals surface area contributed by atoms with Gasteiger partial charge in [0.25, 0.3) is 0 Å². The molecule has 1 aromatic heterocycles. The Bertz CT molecular complexity index is 281. The van der Waals surface area contributed by atoms with Gasteiger partial charge in [-0.15, -0.1) is 0 Å². The lowest BCUT2D eigenvalue weighted by Crippen LogP contribution is -1.91. The van der Waals surface area contributed by atoms with Crippen molar-refractivity contribution in [3.05, 3.63) is 16.5 Å². The molecule has 10 heavy (non-hydrogen) atoms. The molecule has 0 atom stereocenters. The maximum absolute atomic E-state index is 4.88. The highest BCUT2D eigenvalue weighted by atomic mass is 32.1. The lowest BCUT2D eigenvalue weighted by atomic mass is 10.4. The topological polar surface area (TPSA) is 37.9 Å². The summed E-state index contributed by atoms with van der Waals surface area (Å²) >= 11 is 4.81. The molecule has 0 amide bonds. The summed E-state index contributed by atoms with van der Waals surface area (Å²) in [7, 11) is 1.57. The van der Waals surface area contributed by atoms with Crippen LogP contribution in [0.5, 0.6) is 5.88 Å². The van der Waals surface area contributed by atoms with Crippen LogP contribution in [0.4, 0.5) is 0 Å². The lowest BCUT2D eigenvalue weighted by molar-refractivity contribution is 0.395. The summed E-state index contributed by atoms with van der Waals surface area (Å²) < 4.78 is 5.33. The number of nitrogens with zero attached hydrogens (tertiary/aromatic N) is 1. The first-order chi connectivity index (χ1) is 4.72. The molecule has 1 N–H and O–H groups in total. The van der Waals surface area contributed by atoms with Gasteiger partial charge < -0.3 is 9.72 Å². The van der Waals surface area contributed by atoms with E-state index in [2.05, 4.69) is 9.97 Å². The minimum atomic E-state index is 0.455. The zero-order valence-electron chi connectivity index (χ0n) is 5.84. The Hall–Kier alpha value is -0.900. The van der Waals surface area contributed by atoms with Crippen molar-refractivity contribution in [3.63, 3.8) is 0 Å². The molecule has 0 aliphatic rings. The molecular formula is C6H8N2OS. The van der Waals surface area contributed by atoms with Crippen molar-refractivity contribution in [2.24, 2.45) is 0 Å². The molecule has 4 heteroatoms. The van der Waals surface area contributed by atoms with Crippen molar-refractivity contribution in [3.8, 4) is 5.88 Å². The molecule has 0 radical (unpaired) electrons. The fraction of sp³-hybridized carbons (Fsp3) is 0.333. The van der Waals surface area contributed by atoms with E-state index in [-0.39, 0.29) is 0 Å². The van der Waals surface area contributed by atoms with Crippen molar-refractivity contribution < 1.29 is 4.74 Å². The van der Waals surface area contributed by atoms with Crippen LogP contribution in [0.2, 0.25) is 0 Å². The van der Waals surface area contributed by atoms with Crippen molar-refractivity contribution in [2.45, 2.75) is 6.92 Å². The van der Waals surface area contributed by atoms with E-state index in [1.165, 1.54) is 0 Å². The highest BCUT2D eigenvalue weighted by Crippen LogP contribution is 2.04. The van der Waals surface area contributed by atoms with E-state index in [4.69, 9.17) is 17.0 Å². The molecule has 0 aliphatic heterocycles. The van der Waals surface area contributed by atoms with E-state index in [0.717, 1.165) is 5.69 Å². The highest BCUT2D eigenvalue weighted by molar-refractivity contribution is 7.71. The lowest BCUT2D eigenvalue weighted by Gasteiger charge is -1.97. The molecule has 54 valence electrons. The van der Waals surface area contributed by atoms with Crippen LogP contribution in [0, 0.1) is 11.7 Å². The number of ether oxygens (including phenoxy) is 1. The average molecular weight is 156 g/mol. The Labute approximate surface area is 64.1 Å². The van der Waals surface area contributed by atoms with Gasteiger partial charge in [0.15, 0.2) is 4.77 Å². The minimum absolute atomic E-state index is 0.455. The number of rotatable bonds is 1. The van der Waals surface area contributed by atoms with Crippen molar-refractivity contribution in [2.75, 3.05) is 7.11 Å². The molecule has 0 saturated carbocycles. The van der Waals surface area contributed by atoms with Crippen molar-refractivity contribution >= 4 is 12.2 Å². The van der Waals surface area contributed by atoms with Crippen LogP contribution in [0.25, 0.3) is 0 Å². The molecular weight excluding hydrogens is 148 g/mol. The molecule has 0 fully saturated rings. The van der Waals surface area contributed by atoms with Crippen LogP contribution in [0.1, 0.15) is 5.69 Å². The zero-order valence-corrected chi connectivity index (χ0v) is 6.66. The van der Waals surface area contributed by atoms with Gasteiger partial charge in [-0.05, 0) is 19.1 Å². The van der Waals surface area contributed by atoms with E-state index in [9.17, 15) is 0 Å². The van der Waals surface area contributed by atoms with Gasteiger partial charge in [0, 0.05) is 11.8 Å². The molecule has 1 rings (SSSR count). The number of H-pyrrole nitrogens is 1. The Balaban J connectivity index is 3.19. The van der Waals surface area contributed by atoms with E-state index < -0.39 is 0 Å². The predicted molar refractivity (Wildman–Crippen MR) is 40.7 cm³/mol. The Kier molecular flexibility index (Phi) is 2.01. The fourth-order valence-corrected chi connectivity index (χ4v) is 0.906. The smallest absolute Gasteiger partial charge is 0.217 e. The monoisotopic (exact) mass is 156 g/mol. The molecule has 0 saturated heterocycles. The number of nitrogens with one attached hydrogen (secondary N) is 1. The van der Waals surface area contributed by atoms with Crippen LogP contribution in [0.3, 0.4) is 0 Å². The van der Waals surface area contributed by atoms with Gasteiger partial charge in [-0.2, -0.15) is 4.98 Å². The maximum atomic E-state index is 4.88. The number of hydrogen-bond acceptors (Lipinski definition) is 3. The minimum Gasteiger partial charge on any atom is -0.481 e. The van der Waals surface area contributed by atoms with Crippen LogP contribution in [-0.2, 0) is 0 Å². The summed E-state index contributed by atoms with van der Waals surface area (Å²) in [6, 6.07) is 1.79. The normalized spacial score (nSPS) is 9.40. The fourth-order valence-electron chi connectivity index (χ4n) is 0.655. The van der Waals surface area contributed by atoms with E-state index in [1.54, 1.807) is 13.2 Å². The molecule has 0 spiro atoms. The first-order valence-electron chi connectivity index (χ1n) is 2.84. The first kappa shape index (κ1) is 7.21. The van der Waals surface area contributed by atoms with Crippen molar-refractivity contribution in [1.82, 2.24) is 9.97 Å². The van der Waals surface area contributed by atoms with Crippen LogP contribution in [0.15, 0.2) is 6.07 Å². The largest absolute Gasteiger partial charge is 0.481 e. The quantitative estimate of drug-likeness (QED) is 0.625. The first-order valence-corrected chi connectivity index (χ1v) is 3.25. The van der Waals surface area contributed by atoms with Gasteiger partial charge in [0.1, 0.15) is 0 Å². The number of aryl methyl sites for hydroxylation is 1. The van der Waals surface area contributed by atoms with Crippen LogP contribution >= 0.6 is 12.2 Å². The molecule has 3 nitrogen and oxygen atoms in total. The van der Waals surface area contributed by atoms with Gasteiger partial charge in [-0.3, -0.25) is 0 Å². The van der Waals surface area contributed by atoms with Crippen molar-refractivity contribution in [1.29, 1.82) is 0 Å². The standard InChI is InChI=1S/C6H8N2OS/c1-4-3-5(9-2)8-6(10)7-4/h3H,1-2H3,(H,7,8,10). The summed E-state index contributed by atoms with van der Waals surface area (Å²) in [6.07, 6.45) is 0. The molecule has 0 aliphatic carbocycles. The SMILES string of the molecule is COc1cc(C)[nH]c(=S)n1.